The number of thioether (sulfide) groups is 1. The molecule has 0 radical (unpaired) electrons. The molecule has 0 spiro atoms. The van der Waals surface area contributed by atoms with Crippen molar-refractivity contribution >= 4 is 29.3 Å². The van der Waals surface area contributed by atoms with Crippen molar-refractivity contribution in [2.75, 3.05) is 17.6 Å². The second kappa shape index (κ2) is 8.75. The average Bonchev–Trinajstić information content (AvgIpc) is 2.59. The largest absolute Gasteiger partial charge is 0.346 e. The van der Waals surface area contributed by atoms with E-state index < -0.39 is 35.6 Å². The number of aryl methyl sites for hydroxylation is 2. The zero-order valence-corrected chi connectivity index (χ0v) is 15.0. The summed E-state index contributed by atoms with van der Waals surface area (Å²) in [5.41, 5.74) is 1.68. The van der Waals surface area contributed by atoms with Crippen LogP contribution in [-0.4, -0.2) is 24.1 Å². The van der Waals surface area contributed by atoms with Crippen LogP contribution in [0.4, 0.5) is 18.9 Å². The van der Waals surface area contributed by atoms with Gasteiger partial charge in [-0.25, -0.2) is 13.2 Å². The van der Waals surface area contributed by atoms with Gasteiger partial charge in [-0.3, -0.25) is 9.59 Å². The highest BCUT2D eigenvalue weighted by atomic mass is 32.2. The summed E-state index contributed by atoms with van der Waals surface area (Å²) < 4.78 is 39.4. The number of hydrogen-bond acceptors (Lipinski definition) is 3. The number of carbonyl (C=O) groups excluding carboxylic acids is 2. The zero-order chi connectivity index (χ0) is 19.3. The molecular formula is C18H17F3N2O2S. The molecule has 2 rings (SSSR count). The molecule has 0 fully saturated rings. The van der Waals surface area contributed by atoms with E-state index in [9.17, 15) is 22.8 Å². The van der Waals surface area contributed by atoms with Crippen molar-refractivity contribution in [3.63, 3.8) is 0 Å². The van der Waals surface area contributed by atoms with Crippen molar-refractivity contribution in [1.29, 1.82) is 0 Å². The van der Waals surface area contributed by atoms with Gasteiger partial charge >= 0.3 is 0 Å². The van der Waals surface area contributed by atoms with E-state index in [1.165, 1.54) is 11.8 Å². The van der Waals surface area contributed by atoms with Crippen molar-refractivity contribution in [2.45, 2.75) is 18.7 Å². The molecule has 2 amide bonds. The highest BCUT2D eigenvalue weighted by Crippen LogP contribution is 2.23. The van der Waals surface area contributed by atoms with Crippen LogP contribution in [0.3, 0.4) is 0 Å². The van der Waals surface area contributed by atoms with Crippen LogP contribution < -0.4 is 10.6 Å². The van der Waals surface area contributed by atoms with Gasteiger partial charge in [0.1, 0.15) is 0 Å². The van der Waals surface area contributed by atoms with Crippen molar-refractivity contribution in [3.8, 4) is 0 Å². The molecule has 138 valence electrons. The van der Waals surface area contributed by atoms with Gasteiger partial charge in [0, 0.05) is 4.90 Å². The molecule has 0 bridgehead atoms. The van der Waals surface area contributed by atoms with Gasteiger partial charge in [0.25, 0.3) is 0 Å². The minimum Gasteiger partial charge on any atom is -0.346 e. The first kappa shape index (κ1) is 19.8. The maximum atomic E-state index is 13.5. The number of hydrogen-bond donors (Lipinski definition) is 2. The van der Waals surface area contributed by atoms with Crippen molar-refractivity contribution < 1.29 is 22.8 Å². The molecule has 0 saturated carbocycles. The quantitative estimate of drug-likeness (QED) is 0.593. The summed E-state index contributed by atoms with van der Waals surface area (Å²) in [4.78, 5) is 24.5. The second-order valence-electron chi connectivity index (χ2n) is 5.61. The Hall–Kier alpha value is -2.48. The van der Waals surface area contributed by atoms with Crippen LogP contribution in [0.2, 0.25) is 0 Å². The first-order valence-electron chi connectivity index (χ1n) is 7.68. The summed E-state index contributed by atoms with van der Waals surface area (Å²) in [6.07, 6.45) is 0. The van der Waals surface area contributed by atoms with Crippen molar-refractivity contribution in [3.05, 3.63) is 58.9 Å². The smallest absolute Gasteiger partial charge is 0.243 e. The van der Waals surface area contributed by atoms with Gasteiger partial charge < -0.3 is 10.6 Å². The van der Waals surface area contributed by atoms with Crippen LogP contribution >= 0.6 is 11.8 Å². The van der Waals surface area contributed by atoms with Crippen LogP contribution in [0.25, 0.3) is 0 Å². The molecule has 0 heterocycles. The van der Waals surface area contributed by atoms with Gasteiger partial charge in [-0.2, -0.15) is 0 Å². The number of amides is 2. The molecule has 2 aromatic rings. The van der Waals surface area contributed by atoms with Gasteiger partial charge in [-0.1, -0.05) is 17.7 Å². The lowest BCUT2D eigenvalue weighted by atomic mass is 10.2. The predicted octanol–water partition coefficient (Wildman–Crippen LogP) is 3.57. The molecule has 8 heteroatoms. The number of nitrogens with one attached hydrogen (secondary N) is 2. The van der Waals surface area contributed by atoms with E-state index in [0.717, 1.165) is 22.1 Å². The number of carbonyl (C=O) groups is 2. The summed E-state index contributed by atoms with van der Waals surface area (Å²) in [7, 11) is 0. The van der Waals surface area contributed by atoms with E-state index in [1.807, 2.05) is 32.0 Å². The fraction of sp³-hybridized carbons (Fsp3) is 0.222. The highest BCUT2D eigenvalue weighted by molar-refractivity contribution is 8.00. The molecule has 0 aliphatic carbocycles. The Labute approximate surface area is 153 Å². The Morgan fingerprint density at radius 3 is 2.42 bits per heavy atom. The average molecular weight is 382 g/mol. The lowest BCUT2D eigenvalue weighted by Gasteiger charge is -2.09. The molecule has 2 aromatic carbocycles. The highest BCUT2D eigenvalue weighted by Gasteiger charge is 2.15. The monoisotopic (exact) mass is 382 g/mol. The van der Waals surface area contributed by atoms with E-state index >= 15 is 0 Å². The Kier molecular flexibility index (Phi) is 6.68. The normalized spacial score (nSPS) is 10.5. The van der Waals surface area contributed by atoms with Gasteiger partial charge in [-0.05, 0) is 37.6 Å². The zero-order valence-electron chi connectivity index (χ0n) is 14.2. The molecule has 0 unspecified atom stereocenters. The third-order valence-electron chi connectivity index (χ3n) is 3.44. The summed E-state index contributed by atoms with van der Waals surface area (Å²) in [5.74, 6) is -5.53. The van der Waals surface area contributed by atoms with Crippen LogP contribution in [0.15, 0.2) is 35.2 Å². The van der Waals surface area contributed by atoms with Crippen molar-refractivity contribution in [1.82, 2.24) is 5.32 Å². The fourth-order valence-electron chi connectivity index (χ4n) is 2.15. The van der Waals surface area contributed by atoms with Gasteiger partial charge in [0.15, 0.2) is 17.5 Å². The van der Waals surface area contributed by atoms with Crippen LogP contribution in [0, 0.1) is 31.3 Å². The Morgan fingerprint density at radius 2 is 1.73 bits per heavy atom. The van der Waals surface area contributed by atoms with Crippen molar-refractivity contribution in [2.24, 2.45) is 0 Å². The molecule has 26 heavy (non-hydrogen) atoms. The van der Waals surface area contributed by atoms with E-state index in [0.29, 0.717) is 6.07 Å². The summed E-state index contributed by atoms with van der Waals surface area (Å²) >= 11 is 1.33. The molecular weight excluding hydrogens is 365 g/mol. The third kappa shape index (κ3) is 5.26. The number of anilines is 1. The Bertz CT molecular complexity index is 843. The van der Waals surface area contributed by atoms with E-state index in [-0.39, 0.29) is 11.7 Å². The van der Waals surface area contributed by atoms with Crippen LogP contribution in [0.5, 0.6) is 0 Å². The maximum absolute atomic E-state index is 13.5. The molecule has 0 saturated heterocycles. The molecule has 0 aliphatic heterocycles. The Morgan fingerprint density at radius 1 is 1.00 bits per heavy atom. The van der Waals surface area contributed by atoms with E-state index in [1.54, 1.807) is 0 Å². The number of rotatable bonds is 6. The van der Waals surface area contributed by atoms with Gasteiger partial charge in [0.2, 0.25) is 11.8 Å². The molecule has 2 N–H and O–H groups in total. The summed E-state index contributed by atoms with van der Waals surface area (Å²) in [6.45, 7) is 3.50. The summed E-state index contributed by atoms with van der Waals surface area (Å²) in [6, 6.07) is 7.47. The predicted molar refractivity (Wildman–Crippen MR) is 94.6 cm³/mol. The van der Waals surface area contributed by atoms with E-state index in [2.05, 4.69) is 10.6 Å². The number of benzene rings is 2. The van der Waals surface area contributed by atoms with Crippen LogP contribution in [-0.2, 0) is 9.59 Å². The molecule has 0 atom stereocenters. The SMILES string of the molecule is Cc1ccc(SCC(=O)NCC(=O)Nc2ccc(F)c(F)c2F)c(C)c1. The van der Waals surface area contributed by atoms with Crippen LogP contribution in [0.1, 0.15) is 11.1 Å². The first-order chi connectivity index (χ1) is 12.3. The maximum Gasteiger partial charge on any atom is 0.243 e. The van der Waals surface area contributed by atoms with Gasteiger partial charge in [0.05, 0.1) is 18.0 Å². The Balaban J connectivity index is 1.82. The minimum atomic E-state index is -1.67. The summed E-state index contributed by atoms with van der Waals surface area (Å²) in [5, 5.41) is 4.47. The topological polar surface area (TPSA) is 58.2 Å². The lowest BCUT2D eigenvalue weighted by Crippen LogP contribution is -2.34. The van der Waals surface area contributed by atoms with E-state index in [4.69, 9.17) is 0 Å². The lowest BCUT2D eigenvalue weighted by molar-refractivity contribution is -0.122. The standard InChI is InChI=1S/C18H17F3N2O2S/c1-10-3-6-14(11(2)7-10)26-9-16(25)22-8-15(24)23-13-5-4-12(19)17(20)18(13)21/h3-7H,8-9H2,1-2H3,(H,22,25)(H,23,24). The minimum absolute atomic E-state index is 0.108. The number of halogens is 3. The fourth-order valence-corrected chi connectivity index (χ4v) is 2.99. The second-order valence-corrected chi connectivity index (χ2v) is 6.62. The van der Waals surface area contributed by atoms with Gasteiger partial charge in [-0.15, -0.1) is 11.8 Å². The third-order valence-corrected chi connectivity index (χ3v) is 4.62. The molecule has 4 nitrogen and oxygen atoms in total. The first-order valence-corrected chi connectivity index (χ1v) is 8.66. The molecule has 0 aromatic heterocycles. The molecule has 0 aliphatic rings.